The van der Waals surface area contributed by atoms with Gasteiger partial charge in [-0.05, 0) is 43.9 Å². The van der Waals surface area contributed by atoms with Gasteiger partial charge in [0.05, 0.1) is 0 Å². The van der Waals surface area contributed by atoms with E-state index in [1.165, 1.54) is 0 Å². The Hall–Kier alpha value is -2.02. The number of hydrogen-bond acceptors (Lipinski definition) is 5. The molecule has 1 N–H and O–H groups in total. The average molecular weight is 447 g/mol. The van der Waals surface area contributed by atoms with E-state index in [9.17, 15) is 4.79 Å². The van der Waals surface area contributed by atoms with Crippen LogP contribution in [0.2, 0.25) is 0 Å². The maximum absolute atomic E-state index is 10.8. The predicted octanol–water partition coefficient (Wildman–Crippen LogP) is 4.05. The number of hydrogen-bond donors (Lipinski definition) is 2. The highest BCUT2D eigenvalue weighted by molar-refractivity contribution is 7.79. The summed E-state index contributed by atoms with van der Waals surface area (Å²) in [5.41, 5.74) is 2.79. The van der Waals surface area contributed by atoms with Crippen molar-refractivity contribution in [2.24, 2.45) is 4.40 Å². The number of piperazine rings is 1. The van der Waals surface area contributed by atoms with Crippen LogP contribution in [0.4, 0.5) is 0 Å². The summed E-state index contributed by atoms with van der Waals surface area (Å²) >= 11 is 10.6. The third kappa shape index (κ3) is 7.35. The summed E-state index contributed by atoms with van der Waals surface area (Å²) in [6, 6.07) is 10.2. The summed E-state index contributed by atoms with van der Waals surface area (Å²) in [5.74, 6) is 0.935. The zero-order valence-electron chi connectivity index (χ0n) is 17.6. The van der Waals surface area contributed by atoms with Crippen LogP contribution in [0.3, 0.4) is 0 Å². The van der Waals surface area contributed by atoms with Crippen LogP contribution < -0.4 is 5.32 Å². The lowest BCUT2D eigenvalue weighted by Gasteiger charge is -2.36. The smallest absolute Gasteiger partial charge is 0.143 e. The molecule has 30 heavy (non-hydrogen) atoms. The molecule has 0 bridgehead atoms. The fourth-order valence-corrected chi connectivity index (χ4v) is 3.98. The number of benzene rings is 1. The van der Waals surface area contributed by atoms with Crippen molar-refractivity contribution in [3.63, 3.8) is 0 Å². The van der Waals surface area contributed by atoms with Crippen LogP contribution in [0.1, 0.15) is 24.8 Å². The quantitative estimate of drug-likeness (QED) is 0.187. The molecule has 0 spiro atoms. The number of nitrogens with one attached hydrogen (secondary N) is 1. The molecule has 1 aromatic rings. The van der Waals surface area contributed by atoms with Crippen molar-refractivity contribution in [1.82, 2.24) is 15.1 Å². The van der Waals surface area contributed by atoms with E-state index in [-0.39, 0.29) is 0 Å². The second-order valence-electron chi connectivity index (χ2n) is 7.08. The molecule has 0 aromatic heterocycles. The predicted molar refractivity (Wildman–Crippen MR) is 130 cm³/mol. The van der Waals surface area contributed by atoms with Gasteiger partial charge < -0.3 is 15.0 Å². The monoisotopic (exact) mass is 446 g/mol. The minimum absolute atomic E-state index is 0.325. The Morgan fingerprint density at radius 3 is 2.53 bits per heavy atom. The summed E-state index contributed by atoms with van der Waals surface area (Å²) in [7, 11) is 1.82. The van der Waals surface area contributed by atoms with Crippen molar-refractivity contribution >= 4 is 36.5 Å². The summed E-state index contributed by atoms with van der Waals surface area (Å²) in [6.07, 6.45) is 6.57. The molecule has 2 rings (SSSR count). The van der Waals surface area contributed by atoms with Gasteiger partial charge in [0.25, 0.3) is 0 Å². The van der Waals surface area contributed by atoms with Crippen molar-refractivity contribution in [2.75, 3.05) is 39.8 Å². The fourth-order valence-electron chi connectivity index (χ4n) is 3.49. The zero-order chi connectivity index (χ0) is 21.8. The number of halogens is 1. The Labute approximate surface area is 190 Å². The number of allylic oxidation sites excluding steroid dienone is 4. The van der Waals surface area contributed by atoms with E-state index in [0.717, 1.165) is 79.6 Å². The van der Waals surface area contributed by atoms with E-state index in [2.05, 4.69) is 51.0 Å². The molecular formula is C23H31ClN4OS. The number of thiol groups is 1. The molecule has 0 saturated carbocycles. The number of nitrogens with zero attached hydrogens (tertiary/aromatic N) is 3. The van der Waals surface area contributed by atoms with E-state index < -0.39 is 0 Å². The molecule has 0 aliphatic carbocycles. The summed E-state index contributed by atoms with van der Waals surface area (Å²) in [4.78, 5) is 15.6. The van der Waals surface area contributed by atoms with Crippen molar-refractivity contribution in [2.45, 2.75) is 19.3 Å². The van der Waals surface area contributed by atoms with Gasteiger partial charge in [0, 0.05) is 55.9 Å². The lowest BCUT2D eigenvalue weighted by atomic mass is 10.1. The molecule has 162 valence electrons. The topological polar surface area (TPSA) is 47.9 Å². The number of aldehydes is 1. The molecule has 1 aromatic carbocycles. The van der Waals surface area contributed by atoms with Crippen LogP contribution in [0.5, 0.6) is 0 Å². The third-order valence-electron chi connectivity index (χ3n) is 5.15. The molecule has 7 heteroatoms. The van der Waals surface area contributed by atoms with E-state index >= 15 is 0 Å². The van der Waals surface area contributed by atoms with Crippen LogP contribution in [-0.4, -0.2) is 61.7 Å². The zero-order valence-corrected chi connectivity index (χ0v) is 19.2. The molecule has 1 heterocycles. The molecule has 1 aliphatic rings. The number of amidine groups is 1. The van der Waals surface area contributed by atoms with Crippen LogP contribution in [0.15, 0.2) is 69.8 Å². The SMILES string of the molecule is C=C/C(CC=O)=C(\C=C(\Cl)CCCN1CCN(/C(=N/S)c2ccccc2)CC1)NC. The van der Waals surface area contributed by atoms with Crippen LogP contribution in [0.25, 0.3) is 0 Å². The van der Waals surface area contributed by atoms with Gasteiger partial charge in [-0.1, -0.05) is 54.6 Å². The van der Waals surface area contributed by atoms with Crippen LogP contribution >= 0.6 is 24.4 Å². The Balaban J connectivity index is 1.82. The normalized spacial score (nSPS) is 16.8. The molecular weight excluding hydrogens is 416 g/mol. The van der Waals surface area contributed by atoms with Crippen molar-refractivity contribution in [3.05, 3.63) is 70.9 Å². The highest BCUT2D eigenvalue weighted by atomic mass is 35.5. The minimum Gasteiger partial charge on any atom is -0.388 e. The van der Waals surface area contributed by atoms with Gasteiger partial charge in [-0.2, -0.15) is 0 Å². The highest BCUT2D eigenvalue weighted by Crippen LogP contribution is 2.17. The van der Waals surface area contributed by atoms with E-state index in [1.54, 1.807) is 6.08 Å². The van der Waals surface area contributed by atoms with Crippen LogP contribution in [-0.2, 0) is 4.79 Å². The summed E-state index contributed by atoms with van der Waals surface area (Å²) in [6.45, 7) is 8.60. The van der Waals surface area contributed by atoms with Gasteiger partial charge in [0.1, 0.15) is 12.1 Å². The lowest BCUT2D eigenvalue weighted by molar-refractivity contribution is -0.107. The van der Waals surface area contributed by atoms with E-state index in [4.69, 9.17) is 11.6 Å². The van der Waals surface area contributed by atoms with Gasteiger partial charge in [0.2, 0.25) is 0 Å². The van der Waals surface area contributed by atoms with Gasteiger partial charge in [-0.15, -0.1) is 0 Å². The first-order valence-electron chi connectivity index (χ1n) is 10.2. The van der Waals surface area contributed by atoms with E-state index in [0.29, 0.717) is 6.42 Å². The van der Waals surface area contributed by atoms with Gasteiger partial charge >= 0.3 is 0 Å². The fraction of sp³-hybridized carbons (Fsp3) is 0.391. The van der Waals surface area contributed by atoms with Gasteiger partial charge in [0.15, 0.2) is 0 Å². The Morgan fingerprint density at radius 2 is 1.97 bits per heavy atom. The van der Waals surface area contributed by atoms with Crippen molar-refractivity contribution in [3.8, 4) is 0 Å². The first-order chi connectivity index (χ1) is 14.6. The van der Waals surface area contributed by atoms with Crippen LogP contribution in [0, 0.1) is 0 Å². The van der Waals surface area contributed by atoms with E-state index in [1.807, 2.05) is 31.3 Å². The van der Waals surface area contributed by atoms with Crippen molar-refractivity contribution in [1.29, 1.82) is 0 Å². The molecule has 0 unspecified atom stereocenters. The average Bonchev–Trinajstić information content (AvgIpc) is 2.78. The van der Waals surface area contributed by atoms with Gasteiger partial charge in [-0.3, -0.25) is 4.90 Å². The number of rotatable bonds is 10. The molecule has 0 radical (unpaired) electrons. The number of likely N-dealkylation sites (N-methyl/N-ethyl adjacent to an activating group) is 1. The summed E-state index contributed by atoms with van der Waals surface area (Å²) < 4.78 is 4.22. The Kier molecular flexibility index (Phi) is 10.8. The third-order valence-corrected chi connectivity index (χ3v) is 5.64. The molecule has 5 nitrogen and oxygen atoms in total. The summed E-state index contributed by atoms with van der Waals surface area (Å²) in [5, 5.41) is 3.87. The first kappa shape index (κ1) is 24.3. The van der Waals surface area contributed by atoms with Crippen molar-refractivity contribution < 1.29 is 4.79 Å². The molecule has 0 amide bonds. The second kappa shape index (κ2) is 13.3. The Morgan fingerprint density at radius 1 is 1.27 bits per heavy atom. The minimum atomic E-state index is 0.325. The largest absolute Gasteiger partial charge is 0.388 e. The second-order valence-corrected chi connectivity index (χ2v) is 7.76. The molecule has 1 aliphatic heterocycles. The number of carbonyl (C=O) groups excluding carboxylic acids is 1. The highest BCUT2D eigenvalue weighted by Gasteiger charge is 2.20. The molecule has 1 fully saturated rings. The Bertz CT molecular complexity index is 784. The van der Waals surface area contributed by atoms with Gasteiger partial charge in [-0.25, -0.2) is 4.40 Å². The maximum Gasteiger partial charge on any atom is 0.143 e. The molecule has 0 atom stereocenters. The lowest BCUT2D eigenvalue weighted by Crippen LogP contribution is -2.49. The standard InChI is InChI=1S/C23H31ClN4OS/c1-3-19(11-17-29)22(25-2)18-21(24)10-7-12-27-13-15-28(16-14-27)23(26-30)20-8-5-4-6-9-20/h3-6,8-9,17-18,25,30H,1,7,10-16H2,2H3/b21-18+,22-19-,26-23+. The first-order valence-corrected chi connectivity index (χ1v) is 11.0. The molecule has 1 saturated heterocycles. The number of carbonyl (C=O) groups is 1. The maximum atomic E-state index is 10.8.